The number of nitrogens with zero attached hydrogens (tertiary/aromatic N) is 1. The lowest BCUT2D eigenvalue weighted by Gasteiger charge is -2.07. The van der Waals surface area contributed by atoms with E-state index in [9.17, 15) is 0 Å². The van der Waals surface area contributed by atoms with Crippen molar-refractivity contribution in [1.29, 1.82) is 0 Å². The first-order valence-corrected chi connectivity index (χ1v) is 7.60. The Morgan fingerprint density at radius 1 is 1.33 bits per heavy atom. The number of nitrogens with two attached hydrogens (primary N) is 1. The first-order chi connectivity index (χ1) is 10.2. The summed E-state index contributed by atoms with van der Waals surface area (Å²) in [7, 11) is 1.64. The van der Waals surface area contributed by atoms with Crippen LogP contribution in [0.2, 0.25) is 5.02 Å². The van der Waals surface area contributed by atoms with Crippen molar-refractivity contribution in [2.24, 2.45) is 5.73 Å². The van der Waals surface area contributed by atoms with E-state index < -0.39 is 0 Å². The molecule has 1 aromatic heterocycles. The zero-order valence-corrected chi connectivity index (χ0v) is 13.0. The van der Waals surface area contributed by atoms with Gasteiger partial charge < -0.3 is 15.5 Å². The maximum atomic E-state index is 6.27. The lowest BCUT2D eigenvalue weighted by Crippen LogP contribution is -1.98. The second kappa shape index (κ2) is 5.97. The van der Waals surface area contributed by atoms with Crippen LogP contribution >= 0.6 is 23.4 Å². The van der Waals surface area contributed by atoms with Crippen LogP contribution in [0.5, 0.6) is 5.75 Å². The fourth-order valence-electron chi connectivity index (χ4n) is 2.07. The van der Waals surface area contributed by atoms with Crippen molar-refractivity contribution in [3.63, 3.8) is 0 Å². The third-order valence-electron chi connectivity index (χ3n) is 3.13. The van der Waals surface area contributed by atoms with Crippen molar-refractivity contribution < 1.29 is 4.74 Å². The van der Waals surface area contributed by atoms with Gasteiger partial charge in [-0.1, -0.05) is 23.7 Å². The molecule has 108 valence electrons. The van der Waals surface area contributed by atoms with Gasteiger partial charge in [-0.05, 0) is 35.5 Å². The number of H-pyrrole nitrogens is 1. The summed E-state index contributed by atoms with van der Waals surface area (Å²) in [5.41, 5.74) is 8.59. The van der Waals surface area contributed by atoms with Crippen LogP contribution in [0.1, 0.15) is 5.56 Å². The molecule has 0 aliphatic rings. The Labute approximate surface area is 131 Å². The van der Waals surface area contributed by atoms with Gasteiger partial charge in [-0.15, -0.1) is 0 Å². The minimum Gasteiger partial charge on any atom is -0.497 e. The maximum Gasteiger partial charge on any atom is 0.171 e. The van der Waals surface area contributed by atoms with Crippen molar-refractivity contribution in [3.8, 4) is 5.75 Å². The average Bonchev–Trinajstić information content (AvgIpc) is 2.90. The molecule has 0 saturated heterocycles. The summed E-state index contributed by atoms with van der Waals surface area (Å²) in [5.74, 6) is 0.795. The lowest BCUT2D eigenvalue weighted by atomic mass is 10.2. The summed E-state index contributed by atoms with van der Waals surface area (Å²) >= 11 is 7.75. The van der Waals surface area contributed by atoms with Crippen LogP contribution in [0, 0.1) is 0 Å². The highest BCUT2D eigenvalue weighted by molar-refractivity contribution is 7.99. The number of rotatable bonds is 4. The molecule has 2 aromatic carbocycles. The Morgan fingerprint density at radius 3 is 2.95 bits per heavy atom. The Hall–Kier alpha value is -1.69. The van der Waals surface area contributed by atoms with Crippen molar-refractivity contribution >= 4 is 34.4 Å². The number of methoxy groups -OCH3 is 1. The van der Waals surface area contributed by atoms with Crippen molar-refractivity contribution in [3.05, 3.63) is 47.0 Å². The highest BCUT2D eigenvalue weighted by Gasteiger charge is 2.11. The van der Waals surface area contributed by atoms with Crippen LogP contribution in [0.4, 0.5) is 0 Å². The third kappa shape index (κ3) is 2.85. The summed E-state index contributed by atoms with van der Waals surface area (Å²) in [6.07, 6.45) is 0. The van der Waals surface area contributed by atoms with Crippen LogP contribution < -0.4 is 10.5 Å². The maximum absolute atomic E-state index is 6.27. The number of hydrogen-bond acceptors (Lipinski definition) is 4. The summed E-state index contributed by atoms with van der Waals surface area (Å²) in [4.78, 5) is 8.76. The summed E-state index contributed by atoms with van der Waals surface area (Å²) < 4.78 is 5.21. The smallest absolute Gasteiger partial charge is 0.171 e. The normalized spacial score (nSPS) is 11.0. The van der Waals surface area contributed by atoms with Gasteiger partial charge in [-0.25, -0.2) is 4.98 Å². The molecule has 3 rings (SSSR count). The van der Waals surface area contributed by atoms with Gasteiger partial charge in [0.15, 0.2) is 5.16 Å². The molecule has 0 aliphatic carbocycles. The molecule has 6 heteroatoms. The number of imidazole rings is 1. The second-order valence-corrected chi connectivity index (χ2v) is 5.87. The molecular weight excluding hydrogens is 306 g/mol. The third-order valence-corrected chi connectivity index (χ3v) is 4.63. The molecule has 0 aliphatic heterocycles. The highest BCUT2D eigenvalue weighted by Crippen LogP contribution is 2.35. The second-order valence-electron chi connectivity index (χ2n) is 4.46. The topological polar surface area (TPSA) is 63.9 Å². The average molecular weight is 320 g/mol. The number of ether oxygens (including phenoxy) is 1. The SMILES string of the molecule is COc1ccc2nc(Sc3c(Cl)cccc3CN)[nH]c2c1. The largest absolute Gasteiger partial charge is 0.497 e. The van der Waals surface area contributed by atoms with E-state index in [-0.39, 0.29) is 0 Å². The van der Waals surface area contributed by atoms with E-state index in [1.54, 1.807) is 7.11 Å². The fourth-order valence-corrected chi connectivity index (χ4v) is 3.32. The lowest BCUT2D eigenvalue weighted by molar-refractivity contribution is 0.415. The van der Waals surface area contributed by atoms with Gasteiger partial charge in [0, 0.05) is 17.5 Å². The molecule has 0 amide bonds. The Morgan fingerprint density at radius 2 is 2.19 bits per heavy atom. The minimum atomic E-state index is 0.441. The minimum absolute atomic E-state index is 0.441. The number of halogens is 1. The predicted octanol–water partition coefficient (Wildman–Crippen LogP) is 3.83. The summed E-state index contributed by atoms with van der Waals surface area (Å²) in [6.45, 7) is 0.441. The molecule has 0 bridgehead atoms. The predicted molar refractivity (Wildman–Crippen MR) is 86.1 cm³/mol. The van der Waals surface area contributed by atoms with E-state index in [1.807, 2.05) is 36.4 Å². The van der Waals surface area contributed by atoms with Crippen LogP contribution in [-0.2, 0) is 6.54 Å². The summed E-state index contributed by atoms with van der Waals surface area (Å²) in [5, 5.41) is 1.46. The molecule has 0 atom stereocenters. The zero-order valence-electron chi connectivity index (χ0n) is 11.4. The van der Waals surface area contributed by atoms with Gasteiger partial charge in [0.25, 0.3) is 0 Å². The number of fused-ring (bicyclic) bond motifs is 1. The monoisotopic (exact) mass is 319 g/mol. The highest BCUT2D eigenvalue weighted by atomic mass is 35.5. The molecule has 3 N–H and O–H groups in total. The molecule has 4 nitrogen and oxygen atoms in total. The Bertz CT molecular complexity index is 788. The van der Waals surface area contributed by atoms with E-state index in [0.29, 0.717) is 11.6 Å². The van der Waals surface area contributed by atoms with Crippen LogP contribution in [0.25, 0.3) is 11.0 Å². The van der Waals surface area contributed by atoms with Gasteiger partial charge >= 0.3 is 0 Å². The molecule has 0 unspecified atom stereocenters. The first kappa shape index (κ1) is 14.3. The molecule has 0 spiro atoms. The number of aromatic amines is 1. The van der Waals surface area contributed by atoms with E-state index in [0.717, 1.165) is 32.4 Å². The summed E-state index contributed by atoms with van der Waals surface area (Å²) in [6, 6.07) is 11.5. The van der Waals surface area contributed by atoms with Crippen LogP contribution in [-0.4, -0.2) is 17.1 Å². The standard InChI is InChI=1S/C15H14ClN3OS/c1-20-10-5-6-12-13(7-10)19-15(18-12)21-14-9(8-17)3-2-4-11(14)16/h2-7H,8,17H2,1H3,(H,18,19). The van der Waals surface area contributed by atoms with E-state index in [2.05, 4.69) is 9.97 Å². The van der Waals surface area contributed by atoms with E-state index in [4.69, 9.17) is 22.1 Å². The molecule has 21 heavy (non-hydrogen) atoms. The fraction of sp³-hybridized carbons (Fsp3) is 0.133. The molecule has 0 radical (unpaired) electrons. The van der Waals surface area contributed by atoms with Gasteiger partial charge in [0.2, 0.25) is 0 Å². The van der Waals surface area contributed by atoms with Crippen molar-refractivity contribution in [1.82, 2.24) is 9.97 Å². The molecule has 3 aromatic rings. The number of nitrogens with one attached hydrogen (secondary N) is 1. The zero-order chi connectivity index (χ0) is 14.8. The van der Waals surface area contributed by atoms with Gasteiger partial charge in [-0.2, -0.15) is 0 Å². The molecular formula is C15H14ClN3OS. The van der Waals surface area contributed by atoms with Gasteiger partial charge in [-0.3, -0.25) is 0 Å². The number of hydrogen-bond donors (Lipinski definition) is 2. The van der Waals surface area contributed by atoms with Crippen molar-refractivity contribution in [2.75, 3.05) is 7.11 Å². The molecule has 0 fully saturated rings. The molecule has 0 saturated carbocycles. The van der Waals surface area contributed by atoms with E-state index in [1.165, 1.54) is 11.8 Å². The van der Waals surface area contributed by atoms with Crippen LogP contribution in [0.15, 0.2) is 46.5 Å². The number of benzene rings is 2. The Balaban J connectivity index is 1.98. The first-order valence-electron chi connectivity index (χ1n) is 6.40. The quantitative estimate of drug-likeness (QED) is 0.767. The Kier molecular flexibility index (Phi) is 4.05. The van der Waals surface area contributed by atoms with Gasteiger partial charge in [0.05, 0.1) is 23.2 Å². The van der Waals surface area contributed by atoms with Gasteiger partial charge in [0.1, 0.15) is 5.75 Å². The van der Waals surface area contributed by atoms with Crippen molar-refractivity contribution in [2.45, 2.75) is 16.6 Å². The van der Waals surface area contributed by atoms with Crippen LogP contribution in [0.3, 0.4) is 0 Å². The van der Waals surface area contributed by atoms with E-state index >= 15 is 0 Å². The number of aromatic nitrogens is 2. The molecule has 1 heterocycles.